The van der Waals surface area contributed by atoms with Gasteiger partial charge in [0.2, 0.25) is 0 Å². The number of carbonyl (C=O) groups excluding carboxylic acids is 1. The van der Waals surface area contributed by atoms with Crippen molar-refractivity contribution < 1.29 is 4.79 Å². The molecule has 0 radical (unpaired) electrons. The van der Waals surface area contributed by atoms with Gasteiger partial charge in [0.25, 0.3) is 5.91 Å². The summed E-state index contributed by atoms with van der Waals surface area (Å²) in [7, 11) is 0. The molecule has 26 heavy (non-hydrogen) atoms. The molecular weight excluding hydrogens is 350 g/mol. The normalized spacial score (nSPS) is 11.3. The van der Waals surface area contributed by atoms with Crippen molar-refractivity contribution in [3.05, 3.63) is 77.5 Å². The Balaban J connectivity index is 1.74. The SMILES string of the molecule is O=C(NN=Cc1c[nH]cn1)c1[nH]c2ccccc2c1-c1cccc(Cl)c1. The first-order valence-electron chi connectivity index (χ1n) is 7.91. The number of nitrogens with zero attached hydrogens (tertiary/aromatic N) is 2. The minimum Gasteiger partial charge on any atom is -0.351 e. The Hall–Kier alpha value is -3.38. The molecule has 0 bridgehead atoms. The Morgan fingerprint density at radius 2 is 2.08 bits per heavy atom. The number of amides is 1. The molecule has 0 aliphatic rings. The van der Waals surface area contributed by atoms with Crippen LogP contribution >= 0.6 is 11.6 Å². The van der Waals surface area contributed by atoms with Crippen molar-refractivity contribution in [3.63, 3.8) is 0 Å². The van der Waals surface area contributed by atoms with E-state index in [1.54, 1.807) is 12.3 Å². The molecule has 128 valence electrons. The minimum atomic E-state index is -0.344. The van der Waals surface area contributed by atoms with Crippen LogP contribution in [-0.2, 0) is 0 Å². The van der Waals surface area contributed by atoms with Gasteiger partial charge in [-0.3, -0.25) is 4.79 Å². The Kier molecular flexibility index (Phi) is 4.25. The largest absolute Gasteiger partial charge is 0.351 e. The van der Waals surface area contributed by atoms with Gasteiger partial charge in [0, 0.05) is 27.7 Å². The first-order valence-corrected chi connectivity index (χ1v) is 8.29. The third-order valence-corrected chi connectivity index (χ3v) is 4.16. The van der Waals surface area contributed by atoms with Crippen LogP contribution in [0.1, 0.15) is 16.2 Å². The second kappa shape index (κ2) is 6.85. The standard InChI is InChI=1S/C19H14ClN5O/c20-13-5-3-4-12(8-13)17-15-6-1-2-7-16(15)24-18(17)19(26)25-23-10-14-9-21-11-22-14/h1-11,24H,(H,21,22)(H,25,26). The molecule has 0 atom stereocenters. The van der Waals surface area contributed by atoms with Crippen molar-refractivity contribution in [2.24, 2.45) is 5.10 Å². The van der Waals surface area contributed by atoms with E-state index in [1.165, 1.54) is 12.5 Å². The lowest BCUT2D eigenvalue weighted by molar-refractivity contribution is 0.0951. The number of H-pyrrole nitrogens is 2. The second-order valence-corrected chi connectivity index (χ2v) is 6.06. The fourth-order valence-corrected chi connectivity index (χ4v) is 3.00. The fraction of sp³-hybridized carbons (Fsp3) is 0. The third-order valence-electron chi connectivity index (χ3n) is 3.93. The van der Waals surface area contributed by atoms with Gasteiger partial charge in [0.15, 0.2) is 0 Å². The van der Waals surface area contributed by atoms with Crippen LogP contribution in [0.3, 0.4) is 0 Å². The zero-order valence-electron chi connectivity index (χ0n) is 13.5. The second-order valence-electron chi connectivity index (χ2n) is 5.62. The number of para-hydroxylation sites is 1. The summed E-state index contributed by atoms with van der Waals surface area (Å²) < 4.78 is 0. The van der Waals surface area contributed by atoms with Gasteiger partial charge in [-0.25, -0.2) is 10.4 Å². The molecule has 0 saturated heterocycles. The summed E-state index contributed by atoms with van der Waals surface area (Å²) in [5.41, 5.74) is 6.09. The van der Waals surface area contributed by atoms with Crippen molar-refractivity contribution in [1.29, 1.82) is 0 Å². The van der Waals surface area contributed by atoms with Crippen LogP contribution < -0.4 is 5.43 Å². The number of hydrazone groups is 1. The molecule has 0 aliphatic heterocycles. The Bertz CT molecular complexity index is 1100. The molecule has 1 amide bonds. The van der Waals surface area contributed by atoms with E-state index < -0.39 is 0 Å². The number of carbonyl (C=O) groups is 1. The summed E-state index contributed by atoms with van der Waals surface area (Å²) in [6.07, 6.45) is 4.68. The molecule has 4 aromatic rings. The number of imidazole rings is 1. The molecule has 0 aliphatic carbocycles. The van der Waals surface area contributed by atoms with E-state index in [4.69, 9.17) is 11.6 Å². The van der Waals surface area contributed by atoms with Crippen molar-refractivity contribution in [2.45, 2.75) is 0 Å². The van der Waals surface area contributed by atoms with Gasteiger partial charge >= 0.3 is 0 Å². The number of hydrogen-bond acceptors (Lipinski definition) is 3. The Morgan fingerprint density at radius 3 is 2.88 bits per heavy atom. The average molecular weight is 364 g/mol. The monoisotopic (exact) mass is 363 g/mol. The average Bonchev–Trinajstić information content (AvgIpc) is 3.29. The highest BCUT2D eigenvalue weighted by atomic mass is 35.5. The maximum absolute atomic E-state index is 12.7. The summed E-state index contributed by atoms with van der Waals surface area (Å²) >= 11 is 6.14. The van der Waals surface area contributed by atoms with Crippen molar-refractivity contribution in [1.82, 2.24) is 20.4 Å². The van der Waals surface area contributed by atoms with Gasteiger partial charge in [-0.05, 0) is 23.8 Å². The van der Waals surface area contributed by atoms with Gasteiger partial charge < -0.3 is 9.97 Å². The number of aromatic nitrogens is 3. The number of fused-ring (bicyclic) bond motifs is 1. The Morgan fingerprint density at radius 1 is 1.19 bits per heavy atom. The van der Waals surface area contributed by atoms with Crippen LogP contribution in [0.25, 0.3) is 22.0 Å². The number of halogens is 1. The quantitative estimate of drug-likeness (QED) is 0.378. The minimum absolute atomic E-state index is 0.344. The molecule has 0 fully saturated rings. The summed E-state index contributed by atoms with van der Waals surface area (Å²) in [6, 6.07) is 15.1. The van der Waals surface area contributed by atoms with E-state index in [9.17, 15) is 4.79 Å². The highest BCUT2D eigenvalue weighted by Crippen LogP contribution is 2.33. The number of rotatable bonds is 4. The summed E-state index contributed by atoms with van der Waals surface area (Å²) in [6.45, 7) is 0. The van der Waals surface area contributed by atoms with E-state index in [2.05, 4.69) is 25.5 Å². The van der Waals surface area contributed by atoms with E-state index in [-0.39, 0.29) is 5.91 Å². The van der Waals surface area contributed by atoms with Gasteiger partial charge in [-0.1, -0.05) is 41.9 Å². The van der Waals surface area contributed by atoms with Crippen molar-refractivity contribution in [3.8, 4) is 11.1 Å². The molecule has 2 aromatic carbocycles. The van der Waals surface area contributed by atoms with Crippen LogP contribution in [0.15, 0.2) is 66.2 Å². The van der Waals surface area contributed by atoms with Gasteiger partial charge in [0.05, 0.1) is 12.5 Å². The lowest BCUT2D eigenvalue weighted by atomic mass is 10.0. The van der Waals surface area contributed by atoms with Crippen LogP contribution in [-0.4, -0.2) is 27.1 Å². The lowest BCUT2D eigenvalue weighted by Gasteiger charge is -2.05. The summed E-state index contributed by atoms with van der Waals surface area (Å²) in [5, 5.41) is 5.51. The highest BCUT2D eigenvalue weighted by molar-refractivity contribution is 6.31. The molecule has 0 unspecified atom stereocenters. The fourth-order valence-electron chi connectivity index (χ4n) is 2.81. The zero-order valence-corrected chi connectivity index (χ0v) is 14.3. The molecule has 7 heteroatoms. The van der Waals surface area contributed by atoms with Crippen molar-refractivity contribution >= 4 is 34.6 Å². The van der Waals surface area contributed by atoms with Crippen LogP contribution in [0, 0.1) is 0 Å². The lowest BCUT2D eigenvalue weighted by Crippen LogP contribution is -2.18. The number of hydrogen-bond donors (Lipinski definition) is 3. The van der Waals surface area contributed by atoms with Crippen LogP contribution in [0.4, 0.5) is 0 Å². The van der Waals surface area contributed by atoms with Gasteiger partial charge in [0.1, 0.15) is 11.4 Å². The first kappa shape index (κ1) is 16.1. The number of nitrogens with one attached hydrogen (secondary N) is 3. The van der Waals surface area contributed by atoms with Crippen LogP contribution in [0.5, 0.6) is 0 Å². The topological polar surface area (TPSA) is 85.9 Å². The smallest absolute Gasteiger partial charge is 0.288 e. The Labute approximate surface area is 153 Å². The molecule has 0 saturated carbocycles. The third kappa shape index (κ3) is 3.10. The molecular formula is C19H14ClN5O. The van der Waals surface area contributed by atoms with Crippen LogP contribution in [0.2, 0.25) is 5.02 Å². The summed E-state index contributed by atoms with van der Waals surface area (Å²) in [5.74, 6) is -0.344. The summed E-state index contributed by atoms with van der Waals surface area (Å²) in [4.78, 5) is 22.7. The van der Waals surface area contributed by atoms with E-state index >= 15 is 0 Å². The molecule has 3 N–H and O–H groups in total. The molecule has 6 nitrogen and oxygen atoms in total. The molecule has 2 aromatic heterocycles. The molecule has 0 spiro atoms. The first-order chi connectivity index (χ1) is 12.7. The number of benzene rings is 2. The van der Waals surface area contributed by atoms with Crippen molar-refractivity contribution in [2.75, 3.05) is 0 Å². The predicted octanol–water partition coefficient (Wildman–Crippen LogP) is 3.98. The highest BCUT2D eigenvalue weighted by Gasteiger charge is 2.19. The maximum atomic E-state index is 12.7. The zero-order chi connectivity index (χ0) is 17.9. The molecule has 4 rings (SSSR count). The predicted molar refractivity (Wildman–Crippen MR) is 102 cm³/mol. The van der Waals surface area contributed by atoms with E-state index in [1.807, 2.05) is 42.5 Å². The van der Waals surface area contributed by atoms with Gasteiger partial charge in [-0.15, -0.1) is 0 Å². The van der Waals surface area contributed by atoms with E-state index in [0.29, 0.717) is 16.4 Å². The van der Waals surface area contributed by atoms with Gasteiger partial charge in [-0.2, -0.15) is 5.10 Å². The number of aromatic amines is 2. The maximum Gasteiger partial charge on any atom is 0.288 e. The molecule has 2 heterocycles. The van der Waals surface area contributed by atoms with E-state index in [0.717, 1.165) is 22.0 Å².